The fourth-order valence-corrected chi connectivity index (χ4v) is 2.64. The largest absolute Gasteiger partial charge is 0.454 e. The van der Waals surface area contributed by atoms with Crippen molar-refractivity contribution < 1.29 is 18.7 Å². The topological polar surface area (TPSA) is 75.6 Å². The molecule has 1 amide bonds. The summed E-state index contributed by atoms with van der Waals surface area (Å²) < 4.78 is 19.0. The minimum absolute atomic E-state index is 0.0754. The zero-order valence-corrected chi connectivity index (χ0v) is 15.0. The molecule has 0 atom stereocenters. The Morgan fingerprint density at radius 2 is 1.89 bits per heavy atom. The Labute approximate surface area is 156 Å². The molecule has 1 heterocycles. The first-order valence-corrected chi connectivity index (χ1v) is 8.71. The molecule has 7 nitrogen and oxygen atoms in total. The highest BCUT2D eigenvalue weighted by molar-refractivity contribution is 5.82. The van der Waals surface area contributed by atoms with E-state index in [-0.39, 0.29) is 37.5 Å². The van der Waals surface area contributed by atoms with E-state index in [4.69, 9.17) is 4.74 Å². The third kappa shape index (κ3) is 5.22. The highest BCUT2D eigenvalue weighted by atomic mass is 19.1. The van der Waals surface area contributed by atoms with Crippen molar-refractivity contribution >= 4 is 17.8 Å². The second kappa shape index (κ2) is 8.57. The number of esters is 1. The summed E-state index contributed by atoms with van der Waals surface area (Å²) in [6, 6.07) is 8.12. The summed E-state index contributed by atoms with van der Waals surface area (Å²) in [7, 11) is 1.66. The molecule has 1 aromatic heterocycles. The van der Waals surface area contributed by atoms with Crippen LogP contribution in [0.1, 0.15) is 18.4 Å². The number of likely N-dealkylation sites (N-methyl/N-ethyl adjacent to an activating group) is 1. The predicted octanol–water partition coefficient (Wildman–Crippen LogP) is 1.79. The lowest BCUT2D eigenvalue weighted by atomic mass is 10.2. The molecule has 0 radical (unpaired) electrons. The number of amides is 1. The van der Waals surface area contributed by atoms with E-state index in [0.29, 0.717) is 11.5 Å². The lowest BCUT2D eigenvalue weighted by molar-refractivity contribution is -0.151. The Bertz CT molecular complexity index is 799. The standard InChI is InChI=1S/C19H21FN4O3/c1-23(19-21-9-4-10-22-19)12-18(26)27-13-17(25)24(15-7-8-15)11-14-5-2-3-6-16(14)20/h2-6,9-10,15H,7-8,11-13H2,1H3. The number of benzene rings is 1. The summed E-state index contributed by atoms with van der Waals surface area (Å²) in [5, 5.41) is 0. The molecule has 1 aliphatic rings. The highest BCUT2D eigenvalue weighted by Gasteiger charge is 2.33. The average Bonchev–Trinajstić information content (AvgIpc) is 3.51. The van der Waals surface area contributed by atoms with Crippen molar-refractivity contribution in [2.24, 2.45) is 0 Å². The van der Waals surface area contributed by atoms with Gasteiger partial charge in [-0.25, -0.2) is 14.4 Å². The van der Waals surface area contributed by atoms with Crippen molar-refractivity contribution in [3.8, 4) is 0 Å². The van der Waals surface area contributed by atoms with Gasteiger partial charge in [0.15, 0.2) is 6.61 Å². The molecule has 1 aliphatic carbocycles. The first-order chi connectivity index (χ1) is 13.0. The van der Waals surface area contributed by atoms with Gasteiger partial charge in [-0.2, -0.15) is 0 Å². The molecule has 142 valence electrons. The molecular formula is C19H21FN4O3. The summed E-state index contributed by atoms with van der Waals surface area (Å²) in [5.74, 6) is -0.843. The SMILES string of the molecule is CN(CC(=O)OCC(=O)N(Cc1ccccc1F)C1CC1)c1ncccn1. The van der Waals surface area contributed by atoms with E-state index in [0.717, 1.165) is 12.8 Å². The van der Waals surface area contributed by atoms with Crippen LogP contribution in [0.3, 0.4) is 0 Å². The van der Waals surface area contributed by atoms with Gasteiger partial charge in [0.05, 0.1) is 0 Å². The van der Waals surface area contributed by atoms with Gasteiger partial charge in [-0.05, 0) is 25.0 Å². The molecule has 27 heavy (non-hydrogen) atoms. The van der Waals surface area contributed by atoms with Gasteiger partial charge in [0.1, 0.15) is 12.4 Å². The number of anilines is 1. The molecule has 2 aromatic rings. The number of ether oxygens (including phenoxy) is 1. The van der Waals surface area contributed by atoms with Crippen molar-refractivity contribution in [2.75, 3.05) is 25.1 Å². The maximum atomic E-state index is 13.9. The number of rotatable bonds is 8. The fourth-order valence-electron chi connectivity index (χ4n) is 2.64. The smallest absolute Gasteiger partial charge is 0.326 e. The number of hydrogen-bond donors (Lipinski definition) is 0. The number of carbonyl (C=O) groups is 2. The van der Waals surface area contributed by atoms with Crippen molar-refractivity contribution in [3.63, 3.8) is 0 Å². The molecule has 0 N–H and O–H groups in total. The van der Waals surface area contributed by atoms with Gasteiger partial charge in [0, 0.05) is 37.6 Å². The lowest BCUT2D eigenvalue weighted by Gasteiger charge is -2.23. The molecule has 1 saturated carbocycles. The second-order valence-corrected chi connectivity index (χ2v) is 6.41. The van der Waals surface area contributed by atoms with Crippen molar-refractivity contribution in [2.45, 2.75) is 25.4 Å². The monoisotopic (exact) mass is 372 g/mol. The molecule has 1 fully saturated rings. The Morgan fingerprint density at radius 1 is 1.19 bits per heavy atom. The van der Waals surface area contributed by atoms with Crippen LogP contribution < -0.4 is 4.90 Å². The van der Waals surface area contributed by atoms with Crippen LogP contribution >= 0.6 is 0 Å². The second-order valence-electron chi connectivity index (χ2n) is 6.41. The molecule has 1 aromatic carbocycles. The van der Waals surface area contributed by atoms with Crippen LogP contribution in [-0.4, -0.2) is 53.0 Å². The summed E-state index contributed by atoms with van der Waals surface area (Å²) in [6.45, 7) is -0.271. The van der Waals surface area contributed by atoms with Crippen LogP contribution in [0.4, 0.5) is 10.3 Å². The van der Waals surface area contributed by atoms with E-state index in [1.165, 1.54) is 11.0 Å². The Balaban J connectivity index is 1.52. The number of halogens is 1. The van der Waals surface area contributed by atoms with Gasteiger partial charge < -0.3 is 14.5 Å². The molecule has 0 unspecified atom stereocenters. The van der Waals surface area contributed by atoms with Crippen molar-refractivity contribution in [1.29, 1.82) is 0 Å². The molecule has 8 heteroatoms. The van der Waals surface area contributed by atoms with Crippen molar-refractivity contribution in [3.05, 3.63) is 54.1 Å². The van der Waals surface area contributed by atoms with E-state index >= 15 is 0 Å². The molecule has 3 rings (SSSR count). The Kier molecular flexibility index (Phi) is 5.95. The van der Waals surface area contributed by atoms with E-state index in [1.807, 2.05) is 0 Å². The summed E-state index contributed by atoms with van der Waals surface area (Å²) in [4.78, 5) is 35.7. The molecule has 0 bridgehead atoms. The van der Waals surface area contributed by atoms with E-state index < -0.39 is 5.97 Å². The first-order valence-electron chi connectivity index (χ1n) is 8.71. The van der Waals surface area contributed by atoms with Gasteiger partial charge in [-0.1, -0.05) is 18.2 Å². The van der Waals surface area contributed by atoms with Crippen molar-refractivity contribution in [1.82, 2.24) is 14.9 Å². The van der Waals surface area contributed by atoms with Crippen LogP contribution in [0.15, 0.2) is 42.7 Å². The van der Waals surface area contributed by atoms with E-state index in [9.17, 15) is 14.0 Å². The first kappa shape index (κ1) is 18.8. The van der Waals surface area contributed by atoms with E-state index in [1.54, 1.807) is 48.6 Å². The lowest BCUT2D eigenvalue weighted by Crippen LogP contribution is -2.37. The number of hydrogen-bond acceptors (Lipinski definition) is 6. The van der Waals surface area contributed by atoms with Crippen LogP contribution in [0.2, 0.25) is 0 Å². The highest BCUT2D eigenvalue weighted by Crippen LogP contribution is 2.29. The number of nitrogens with zero attached hydrogens (tertiary/aromatic N) is 4. The zero-order chi connectivity index (χ0) is 19.2. The van der Waals surface area contributed by atoms with E-state index in [2.05, 4.69) is 9.97 Å². The number of carbonyl (C=O) groups excluding carboxylic acids is 2. The minimum atomic E-state index is -0.556. The van der Waals surface area contributed by atoms with Gasteiger partial charge in [-0.3, -0.25) is 9.59 Å². The molecule has 0 aliphatic heterocycles. The van der Waals surface area contributed by atoms with Gasteiger partial charge >= 0.3 is 5.97 Å². The Hall–Kier alpha value is -3.03. The third-order valence-corrected chi connectivity index (χ3v) is 4.22. The van der Waals surface area contributed by atoms with Crippen LogP contribution in [0.5, 0.6) is 0 Å². The fraction of sp³-hybridized carbons (Fsp3) is 0.368. The average molecular weight is 372 g/mol. The summed E-state index contributed by atoms with van der Waals surface area (Å²) in [6.07, 6.45) is 4.90. The quantitative estimate of drug-likeness (QED) is 0.658. The number of aromatic nitrogens is 2. The van der Waals surface area contributed by atoms with Crippen LogP contribution in [0.25, 0.3) is 0 Å². The van der Waals surface area contributed by atoms with Gasteiger partial charge in [-0.15, -0.1) is 0 Å². The molecule has 0 saturated heterocycles. The summed E-state index contributed by atoms with van der Waals surface area (Å²) >= 11 is 0. The summed E-state index contributed by atoms with van der Waals surface area (Å²) in [5.41, 5.74) is 0.449. The van der Waals surface area contributed by atoms with Gasteiger partial charge in [0.2, 0.25) is 5.95 Å². The predicted molar refractivity (Wildman–Crippen MR) is 96.2 cm³/mol. The Morgan fingerprint density at radius 3 is 2.56 bits per heavy atom. The molecular weight excluding hydrogens is 351 g/mol. The zero-order valence-electron chi connectivity index (χ0n) is 15.0. The van der Waals surface area contributed by atoms with Crippen LogP contribution in [0, 0.1) is 5.82 Å². The van der Waals surface area contributed by atoms with Crippen LogP contribution in [-0.2, 0) is 20.9 Å². The third-order valence-electron chi connectivity index (χ3n) is 4.22. The molecule has 0 spiro atoms. The van der Waals surface area contributed by atoms with Gasteiger partial charge in [0.25, 0.3) is 5.91 Å². The maximum Gasteiger partial charge on any atom is 0.326 e. The normalized spacial score (nSPS) is 13.1. The minimum Gasteiger partial charge on any atom is -0.454 e. The maximum absolute atomic E-state index is 13.9.